The normalized spacial score (nSPS) is 17.3. The molecule has 0 N–H and O–H groups in total. The number of hydrogen-bond acceptors (Lipinski definition) is 5. The molecule has 0 atom stereocenters. The molecule has 208 valence electrons. The van der Waals surface area contributed by atoms with Crippen LogP contribution < -0.4 is 4.74 Å². The van der Waals surface area contributed by atoms with Crippen LogP contribution in [0.25, 0.3) is 11.1 Å². The predicted molar refractivity (Wildman–Crippen MR) is 132 cm³/mol. The Balaban J connectivity index is 1.36. The van der Waals surface area contributed by atoms with Gasteiger partial charge >= 0.3 is 5.97 Å². The smallest absolute Gasteiger partial charge is 0.349 e. The molecule has 0 aliphatic carbocycles. The van der Waals surface area contributed by atoms with Gasteiger partial charge in [-0.15, -0.1) is 0 Å². The third-order valence-electron chi connectivity index (χ3n) is 6.20. The second kappa shape index (κ2) is 13.1. The molecule has 0 unspecified atom stereocenters. The summed E-state index contributed by atoms with van der Waals surface area (Å²) in [7, 11) is 0. The number of ether oxygens (including phenoxy) is 4. The lowest BCUT2D eigenvalue weighted by atomic mass is 10.0. The zero-order chi connectivity index (χ0) is 27.9. The van der Waals surface area contributed by atoms with Gasteiger partial charge in [0.05, 0.1) is 13.2 Å². The second-order valence-corrected chi connectivity index (χ2v) is 9.15. The summed E-state index contributed by atoms with van der Waals surface area (Å²) < 4.78 is 91.7. The third kappa shape index (κ3) is 7.20. The molecule has 39 heavy (non-hydrogen) atoms. The summed E-state index contributed by atoms with van der Waals surface area (Å²) in [4.78, 5) is 12.5. The molecule has 0 amide bonds. The van der Waals surface area contributed by atoms with Crippen molar-refractivity contribution >= 4 is 5.97 Å². The van der Waals surface area contributed by atoms with Crippen LogP contribution in [0.1, 0.15) is 48.4 Å². The fourth-order valence-electron chi connectivity index (χ4n) is 4.02. The lowest BCUT2D eigenvalue weighted by molar-refractivity contribution is -0.207. The summed E-state index contributed by atoms with van der Waals surface area (Å²) in [6.45, 7) is 4.03. The number of benzene rings is 3. The van der Waals surface area contributed by atoms with Crippen molar-refractivity contribution in [2.75, 3.05) is 26.4 Å². The zero-order valence-electron chi connectivity index (χ0n) is 21.2. The van der Waals surface area contributed by atoms with E-state index in [0.717, 1.165) is 43.5 Å². The molecule has 10 heteroatoms. The topological polar surface area (TPSA) is 54.0 Å². The standard InChI is InChI=1S/C29H27F5O5/c1-2-3-9-36-10-8-17-15-37-29(38-16-17)20-13-22(30)26(23(31)14-20)28(35)39-21-6-4-18(5-7-21)19-11-24(32)27(34)25(33)12-19/h4-7,11-14,17,29H,2-3,8-10,15-16H2,1H3. The van der Waals surface area contributed by atoms with Crippen molar-refractivity contribution in [2.24, 2.45) is 5.92 Å². The van der Waals surface area contributed by atoms with Crippen LogP contribution in [0.15, 0.2) is 48.5 Å². The van der Waals surface area contributed by atoms with Gasteiger partial charge in [-0.2, -0.15) is 0 Å². The van der Waals surface area contributed by atoms with Crippen LogP contribution in [0.3, 0.4) is 0 Å². The largest absolute Gasteiger partial charge is 0.423 e. The first kappa shape index (κ1) is 28.7. The maximum absolute atomic E-state index is 14.8. The van der Waals surface area contributed by atoms with Crippen molar-refractivity contribution in [2.45, 2.75) is 32.5 Å². The van der Waals surface area contributed by atoms with Gasteiger partial charge in [0.15, 0.2) is 23.7 Å². The highest BCUT2D eigenvalue weighted by atomic mass is 19.2. The number of hydrogen-bond donors (Lipinski definition) is 0. The van der Waals surface area contributed by atoms with Crippen molar-refractivity contribution in [3.8, 4) is 16.9 Å². The van der Waals surface area contributed by atoms with Gasteiger partial charge in [0.1, 0.15) is 22.9 Å². The minimum Gasteiger partial charge on any atom is -0.423 e. The fourth-order valence-corrected chi connectivity index (χ4v) is 4.02. The molecule has 0 saturated carbocycles. The number of halogens is 5. The first-order valence-electron chi connectivity index (χ1n) is 12.5. The van der Waals surface area contributed by atoms with Gasteiger partial charge in [0.2, 0.25) is 0 Å². The number of carbonyl (C=O) groups is 1. The molecule has 4 rings (SSSR count). The molecule has 0 radical (unpaired) electrons. The van der Waals surface area contributed by atoms with E-state index in [1.807, 2.05) is 0 Å². The van der Waals surface area contributed by atoms with E-state index >= 15 is 0 Å². The Labute approximate surface area is 222 Å². The van der Waals surface area contributed by atoms with Gasteiger partial charge in [-0.3, -0.25) is 0 Å². The van der Waals surface area contributed by atoms with Crippen molar-refractivity contribution in [1.82, 2.24) is 0 Å². The fraction of sp³-hybridized carbons (Fsp3) is 0.345. The Hall–Kier alpha value is -3.34. The maximum Gasteiger partial charge on any atom is 0.349 e. The summed E-state index contributed by atoms with van der Waals surface area (Å²) >= 11 is 0. The van der Waals surface area contributed by atoms with Gasteiger partial charge < -0.3 is 18.9 Å². The monoisotopic (exact) mass is 550 g/mol. The Morgan fingerprint density at radius 2 is 1.46 bits per heavy atom. The first-order valence-corrected chi connectivity index (χ1v) is 12.5. The minimum atomic E-state index is -1.59. The average Bonchev–Trinajstić information content (AvgIpc) is 2.91. The average molecular weight is 551 g/mol. The zero-order valence-corrected chi connectivity index (χ0v) is 21.2. The molecular formula is C29H27F5O5. The molecule has 0 spiro atoms. The third-order valence-corrected chi connectivity index (χ3v) is 6.20. The molecule has 1 heterocycles. The van der Waals surface area contributed by atoms with Gasteiger partial charge in [-0.25, -0.2) is 26.7 Å². The van der Waals surface area contributed by atoms with Crippen LogP contribution in [-0.4, -0.2) is 32.4 Å². The number of rotatable bonds is 10. The number of esters is 1. The molecule has 0 bridgehead atoms. The molecule has 3 aromatic carbocycles. The molecule has 1 aliphatic rings. The molecule has 0 aromatic heterocycles. The second-order valence-electron chi connectivity index (χ2n) is 9.15. The number of unbranched alkanes of at least 4 members (excludes halogenated alkanes) is 1. The molecule has 5 nitrogen and oxygen atoms in total. The minimum absolute atomic E-state index is 0.0516. The Morgan fingerprint density at radius 1 is 0.846 bits per heavy atom. The maximum atomic E-state index is 14.8. The Morgan fingerprint density at radius 3 is 2.05 bits per heavy atom. The summed E-state index contributed by atoms with van der Waals surface area (Å²) in [5.74, 6) is -7.86. The Kier molecular flexibility index (Phi) is 9.66. The molecule has 1 aliphatic heterocycles. The van der Waals surface area contributed by atoms with E-state index in [2.05, 4.69) is 6.92 Å². The van der Waals surface area contributed by atoms with E-state index < -0.39 is 46.9 Å². The van der Waals surface area contributed by atoms with E-state index in [-0.39, 0.29) is 22.8 Å². The summed E-state index contributed by atoms with van der Waals surface area (Å²) in [6, 6.07) is 8.79. The lowest BCUT2D eigenvalue weighted by Crippen LogP contribution is -2.28. The van der Waals surface area contributed by atoms with Crippen LogP contribution in [0, 0.1) is 35.0 Å². The molecule has 1 saturated heterocycles. The SMILES string of the molecule is CCCCOCCC1COC(c2cc(F)c(C(=O)Oc3ccc(-c4cc(F)c(F)c(F)c4)cc3)c(F)c2)OC1. The van der Waals surface area contributed by atoms with Gasteiger partial charge in [-0.05, 0) is 60.4 Å². The summed E-state index contributed by atoms with van der Waals surface area (Å²) in [5, 5.41) is 0. The van der Waals surface area contributed by atoms with Gasteiger partial charge in [0, 0.05) is 24.7 Å². The van der Waals surface area contributed by atoms with E-state index in [4.69, 9.17) is 18.9 Å². The van der Waals surface area contributed by atoms with Gasteiger partial charge in [-0.1, -0.05) is 25.5 Å². The summed E-state index contributed by atoms with van der Waals surface area (Å²) in [6.07, 6.45) is 1.81. The Bertz CT molecular complexity index is 1240. The number of carbonyl (C=O) groups excluding carboxylic acids is 1. The van der Waals surface area contributed by atoms with Crippen molar-refractivity contribution < 1.29 is 45.7 Å². The van der Waals surface area contributed by atoms with E-state index in [1.54, 1.807) is 0 Å². The van der Waals surface area contributed by atoms with Crippen LogP contribution in [0.5, 0.6) is 5.75 Å². The molecule has 1 fully saturated rings. The van der Waals surface area contributed by atoms with Crippen LogP contribution >= 0.6 is 0 Å². The highest BCUT2D eigenvalue weighted by molar-refractivity contribution is 5.91. The van der Waals surface area contributed by atoms with Crippen LogP contribution in [0.4, 0.5) is 22.0 Å². The first-order chi connectivity index (χ1) is 18.8. The lowest BCUT2D eigenvalue weighted by Gasteiger charge is -2.29. The van der Waals surface area contributed by atoms with Crippen LogP contribution in [0.2, 0.25) is 0 Å². The highest BCUT2D eigenvalue weighted by Crippen LogP contribution is 2.30. The molecular weight excluding hydrogens is 523 g/mol. The van der Waals surface area contributed by atoms with Crippen LogP contribution in [-0.2, 0) is 14.2 Å². The van der Waals surface area contributed by atoms with E-state index in [1.165, 1.54) is 24.3 Å². The molecule has 3 aromatic rings. The van der Waals surface area contributed by atoms with Crippen molar-refractivity contribution in [3.05, 3.63) is 88.7 Å². The highest BCUT2D eigenvalue weighted by Gasteiger charge is 2.28. The van der Waals surface area contributed by atoms with Gasteiger partial charge in [0.25, 0.3) is 0 Å². The van der Waals surface area contributed by atoms with Crippen molar-refractivity contribution in [1.29, 1.82) is 0 Å². The van der Waals surface area contributed by atoms with Crippen molar-refractivity contribution in [3.63, 3.8) is 0 Å². The van der Waals surface area contributed by atoms with E-state index in [0.29, 0.717) is 32.0 Å². The summed E-state index contributed by atoms with van der Waals surface area (Å²) in [5.41, 5.74) is -0.463. The quantitative estimate of drug-likeness (QED) is 0.0884. The predicted octanol–water partition coefficient (Wildman–Crippen LogP) is 7.14. The van der Waals surface area contributed by atoms with E-state index in [9.17, 15) is 26.7 Å².